The number of carbonyl (C=O) groups excluding carboxylic acids is 3. The Morgan fingerprint density at radius 1 is 1.33 bits per heavy atom. The summed E-state index contributed by atoms with van der Waals surface area (Å²) in [5, 5.41) is 14.3. The molecule has 1 aliphatic rings. The maximum Gasteiger partial charge on any atom is 0.293 e. The second-order valence-corrected chi connectivity index (χ2v) is 9.62. The molecule has 0 aliphatic carbocycles. The fraction of sp³-hybridized carbons (Fsp3) is 0.333. The van der Waals surface area contributed by atoms with E-state index in [0.29, 0.717) is 14.4 Å². The Morgan fingerprint density at radius 3 is 2.90 bits per heavy atom. The first-order chi connectivity index (χ1) is 14.4. The molecule has 3 heterocycles. The van der Waals surface area contributed by atoms with Crippen LogP contribution in [0.5, 0.6) is 0 Å². The highest BCUT2D eigenvalue weighted by Gasteiger charge is 2.34. The minimum atomic E-state index is -0.364. The Balaban J connectivity index is 1.42. The predicted molar refractivity (Wildman–Crippen MR) is 119 cm³/mol. The third-order valence-corrected chi connectivity index (χ3v) is 6.55. The van der Waals surface area contributed by atoms with Crippen LogP contribution >= 0.6 is 34.9 Å². The lowest BCUT2D eigenvalue weighted by atomic mass is 10.2. The van der Waals surface area contributed by atoms with Crippen molar-refractivity contribution in [2.75, 3.05) is 24.2 Å². The fourth-order valence-corrected chi connectivity index (χ4v) is 4.96. The van der Waals surface area contributed by atoms with Gasteiger partial charge in [0.15, 0.2) is 4.34 Å². The molecule has 0 atom stereocenters. The van der Waals surface area contributed by atoms with E-state index in [9.17, 15) is 14.4 Å². The number of hydrogen-bond acceptors (Lipinski definition) is 10. The summed E-state index contributed by atoms with van der Waals surface area (Å²) in [6.45, 7) is 4.32. The van der Waals surface area contributed by atoms with Crippen molar-refractivity contribution in [3.63, 3.8) is 0 Å². The van der Waals surface area contributed by atoms with E-state index in [4.69, 9.17) is 0 Å². The standard InChI is InChI=1S/C18H20N6O3S3/c1-11(2)21-16-22-23-17(30-16)28-10-14(25)20-6-7-24-15(26)13(29-18(24)27)8-12-4-3-5-19-9-12/h3-5,8-9,11H,6-7,10H2,1-2H3,(H,20,25)(H,21,22)/b13-8-. The SMILES string of the molecule is CC(C)Nc1nnc(SCC(=O)NCCN2C(=O)S/C(=C\c3cccnc3)C2=O)s1. The van der Waals surface area contributed by atoms with Crippen LogP contribution in [-0.2, 0) is 9.59 Å². The predicted octanol–water partition coefficient (Wildman–Crippen LogP) is 2.70. The smallest absolute Gasteiger partial charge is 0.293 e. The molecule has 2 N–H and O–H groups in total. The second-order valence-electron chi connectivity index (χ2n) is 6.43. The minimum absolute atomic E-state index is 0.118. The highest BCUT2D eigenvalue weighted by Crippen LogP contribution is 2.31. The minimum Gasteiger partial charge on any atom is -0.358 e. The number of rotatable bonds is 9. The van der Waals surface area contributed by atoms with Crippen molar-refractivity contribution in [2.45, 2.75) is 24.2 Å². The number of amides is 3. The third kappa shape index (κ3) is 6.28. The monoisotopic (exact) mass is 464 g/mol. The van der Waals surface area contributed by atoms with Gasteiger partial charge in [-0.3, -0.25) is 24.3 Å². The molecule has 158 valence electrons. The van der Waals surface area contributed by atoms with E-state index < -0.39 is 0 Å². The molecule has 0 bridgehead atoms. The van der Waals surface area contributed by atoms with Crippen molar-refractivity contribution in [3.05, 3.63) is 35.0 Å². The van der Waals surface area contributed by atoms with Crippen LogP contribution in [0.3, 0.4) is 0 Å². The zero-order valence-corrected chi connectivity index (χ0v) is 18.8. The molecule has 3 rings (SSSR count). The molecule has 0 spiro atoms. The number of carbonyl (C=O) groups is 3. The summed E-state index contributed by atoms with van der Waals surface area (Å²) >= 11 is 3.56. The Hall–Kier alpha value is -2.44. The maximum absolute atomic E-state index is 12.4. The van der Waals surface area contributed by atoms with Crippen LogP contribution in [0.4, 0.5) is 9.93 Å². The van der Waals surface area contributed by atoms with Gasteiger partial charge >= 0.3 is 0 Å². The molecule has 0 aromatic carbocycles. The quantitative estimate of drug-likeness (QED) is 0.426. The lowest BCUT2D eigenvalue weighted by Gasteiger charge is -2.12. The Kier molecular flexibility index (Phi) is 7.82. The van der Waals surface area contributed by atoms with E-state index in [1.54, 1.807) is 30.6 Å². The highest BCUT2D eigenvalue weighted by molar-refractivity contribution is 8.18. The molecular weight excluding hydrogens is 444 g/mol. The molecule has 0 radical (unpaired) electrons. The van der Waals surface area contributed by atoms with Crippen LogP contribution in [0.1, 0.15) is 19.4 Å². The molecule has 12 heteroatoms. The molecule has 1 aliphatic heterocycles. The van der Waals surface area contributed by atoms with E-state index in [1.807, 2.05) is 13.8 Å². The van der Waals surface area contributed by atoms with E-state index in [0.717, 1.165) is 22.2 Å². The van der Waals surface area contributed by atoms with Crippen molar-refractivity contribution < 1.29 is 14.4 Å². The molecule has 9 nitrogen and oxygen atoms in total. The Labute approximate surface area is 186 Å². The zero-order valence-electron chi connectivity index (χ0n) is 16.3. The summed E-state index contributed by atoms with van der Waals surface area (Å²) < 4.78 is 0.694. The average molecular weight is 465 g/mol. The van der Waals surface area contributed by atoms with Gasteiger partial charge in [-0.05, 0) is 43.3 Å². The van der Waals surface area contributed by atoms with E-state index in [-0.39, 0.29) is 41.9 Å². The van der Waals surface area contributed by atoms with Gasteiger partial charge in [-0.2, -0.15) is 0 Å². The average Bonchev–Trinajstić information content (AvgIpc) is 3.26. The van der Waals surface area contributed by atoms with Crippen molar-refractivity contribution in [1.29, 1.82) is 0 Å². The third-order valence-electron chi connectivity index (χ3n) is 3.66. The van der Waals surface area contributed by atoms with Gasteiger partial charge < -0.3 is 10.6 Å². The normalized spacial score (nSPS) is 15.3. The summed E-state index contributed by atoms with van der Waals surface area (Å²) in [5.74, 6) is -0.387. The van der Waals surface area contributed by atoms with Gasteiger partial charge in [-0.15, -0.1) is 10.2 Å². The Bertz CT molecular complexity index is 948. The van der Waals surface area contributed by atoms with Gasteiger partial charge in [0.25, 0.3) is 11.1 Å². The van der Waals surface area contributed by atoms with Gasteiger partial charge in [0.1, 0.15) is 0 Å². The summed E-state index contributed by atoms with van der Waals surface area (Å²) in [5.41, 5.74) is 0.747. The zero-order chi connectivity index (χ0) is 21.5. The van der Waals surface area contributed by atoms with Gasteiger partial charge in [0, 0.05) is 31.5 Å². The summed E-state index contributed by atoms with van der Waals surface area (Å²) in [4.78, 5) is 42.1. The molecule has 0 saturated carbocycles. The molecule has 30 heavy (non-hydrogen) atoms. The molecule has 3 amide bonds. The van der Waals surface area contributed by atoms with Crippen molar-refractivity contribution in [3.8, 4) is 0 Å². The van der Waals surface area contributed by atoms with E-state index in [2.05, 4.69) is 25.8 Å². The number of thioether (sulfide) groups is 2. The molecule has 1 fully saturated rings. The van der Waals surface area contributed by atoms with Crippen LogP contribution in [0, 0.1) is 0 Å². The van der Waals surface area contributed by atoms with Gasteiger partial charge in [0.05, 0.1) is 10.7 Å². The largest absolute Gasteiger partial charge is 0.358 e. The number of hydrogen-bond donors (Lipinski definition) is 2. The van der Waals surface area contributed by atoms with Gasteiger partial charge in [-0.25, -0.2) is 0 Å². The van der Waals surface area contributed by atoms with Crippen molar-refractivity contribution >= 4 is 63.1 Å². The number of aromatic nitrogens is 3. The molecule has 2 aromatic rings. The summed E-state index contributed by atoms with van der Waals surface area (Å²) in [6.07, 6.45) is 4.89. The highest BCUT2D eigenvalue weighted by atomic mass is 32.2. The number of nitrogens with zero attached hydrogens (tertiary/aromatic N) is 4. The Morgan fingerprint density at radius 2 is 2.17 bits per heavy atom. The molecule has 2 aromatic heterocycles. The first-order valence-electron chi connectivity index (χ1n) is 9.07. The summed E-state index contributed by atoms with van der Waals surface area (Å²) in [6, 6.07) is 3.82. The van der Waals surface area contributed by atoms with Crippen molar-refractivity contribution in [1.82, 2.24) is 25.4 Å². The van der Waals surface area contributed by atoms with Crippen molar-refractivity contribution in [2.24, 2.45) is 0 Å². The van der Waals surface area contributed by atoms with Gasteiger partial charge in [0.2, 0.25) is 11.0 Å². The van der Waals surface area contributed by atoms with E-state index in [1.165, 1.54) is 23.1 Å². The molecular formula is C18H20N6O3S3. The van der Waals surface area contributed by atoms with Crippen LogP contribution < -0.4 is 10.6 Å². The first-order valence-corrected chi connectivity index (χ1v) is 11.7. The lowest BCUT2D eigenvalue weighted by molar-refractivity contribution is -0.123. The van der Waals surface area contributed by atoms with Crippen LogP contribution in [0.25, 0.3) is 6.08 Å². The van der Waals surface area contributed by atoms with E-state index >= 15 is 0 Å². The lowest BCUT2D eigenvalue weighted by Crippen LogP contribution is -2.37. The van der Waals surface area contributed by atoms with Crippen LogP contribution in [-0.4, -0.2) is 62.0 Å². The van der Waals surface area contributed by atoms with Gasteiger partial charge in [-0.1, -0.05) is 29.2 Å². The number of pyridine rings is 1. The number of anilines is 1. The fourth-order valence-electron chi connectivity index (χ4n) is 2.36. The molecule has 0 unspecified atom stereocenters. The number of imide groups is 1. The van der Waals surface area contributed by atoms with Crippen LogP contribution in [0.2, 0.25) is 0 Å². The second kappa shape index (κ2) is 10.5. The topological polar surface area (TPSA) is 117 Å². The first kappa shape index (κ1) is 22.2. The number of nitrogens with one attached hydrogen (secondary N) is 2. The van der Waals surface area contributed by atoms with Crippen LogP contribution in [0.15, 0.2) is 33.8 Å². The molecule has 1 saturated heterocycles. The maximum atomic E-state index is 12.4. The summed E-state index contributed by atoms with van der Waals surface area (Å²) in [7, 11) is 0.